The molecule has 0 radical (unpaired) electrons. The number of aryl methyl sites for hydroxylation is 1. The molecule has 0 aliphatic rings. The number of hydrogen-bond acceptors (Lipinski definition) is 0. The largest absolute Gasteiger partial charge is 0.204 e. The molecule has 1 rings (SSSR count). The van der Waals surface area contributed by atoms with Crippen LogP contribution in [0, 0.1) is 24.4 Å². The van der Waals surface area contributed by atoms with Crippen LogP contribution in [0.3, 0.4) is 0 Å². The van der Waals surface area contributed by atoms with Crippen molar-refractivity contribution in [1.29, 1.82) is 0 Å². The van der Waals surface area contributed by atoms with Gasteiger partial charge in [0, 0.05) is 0 Å². The van der Waals surface area contributed by atoms with E-state index < -0.39 is 17.5 Å². The minimum Gasteiger partial charge on any atom is -0.204 e. The quantitative estimate of drug-likeness (QED) is 0.531. The van der Waals surface area contributed by atoms with E-state index in [1.807, 2.05) is 13.8 Å². The molecule has 0 unspecified atom stereocenters. The highest BCUT2D eigenvalue weighted by atomic mass is 19.2. The fraction of sp³-hybridized carbons (Fsp3) is 0.333. The molecule has 12 heavy (non-hydrogen) atoms. The van der Waals surface area contributed by atoms with Gasteiger partial charge in [0.25, 0.3) is 0 Å². The summed E-state index contributed by atoms with van der Waals surface area (Å²) in [5, 5.41) is 0. The first-order chi connectivity index (χ1) is 5.63. The lowest BCUT2D eigenvalue weighted by Gasteiger charge is -1.96. The predicted octanol–water partition coefficient (Wildman–Crippen LogP) is 3.44. The van der Waals surface area contributed by atoms with E-state index in [4.69, 9.17) is 0 Å². The summed E-state index contributed by atoms with van der Waals surface area (Å²) in [6, 6.07) is 2.08. The van der Waals surface area contributed by atoms with Crippen molar-refractivity contribution in [3.63, 3.8) is 0 Å². The first-order valence-corrected chi connectivity index (χ1v) is 3.73. The Morgan fingerprint density at radius 1 is 0.917 bits per heavy atom. The molecule has 0 heterocycles. The van der Waals surface area contributed by atoms with E-state index in [2.05, 4.69) is 0 Å². The lowest BCUT2D eigenvalue weighted by atomic mass is 10.2. The zero-order chi connectivity index (χ0) is 9.72. The second-order valence-electron chi connectivity index (χ2n) is 1.99. The number of benzene rings is 1. The molecular weight excluding hydrogens is 165 g/mol. The maximum atomic E-state index is 12.4. The summed E-state index contributed by atoms with van der Waals surface area (Å²) in [6.07, 6.45) is 0. The third-order valence-corrected chi connectivity index (χ3v) is 1.23. The average Bonchev–Trinajstić information content (AvgIpc) is 2.12. The van der Waals surface area contributed by atoms with E-state index in [-0.39, 0.29) is 5.56 Å². The maximum Gasteiger partial charge on any atom is 0.194 e. The monoisotopic (exact) mass is 176 g/mol. The molecule has 68 valence electrons. The van der Waals surface area contributed by atoms with Crippen molar-refractivity contribution in [2.45, 2.75) is 20.8 Å². The molecule has 0 atom stereocenters. The van der Waals surface area contributed by atoms with Crippen molar-refractivity contribution < 1.29 is 13.2 Å². The van der Waals surface area contributed by atoms with Crippen LogP contribution in [0.1, 0.15) is 19.4 Å². The van der Waals surface area contributed by atoms with Crippen molar-refractivity contribution >= 4 is 0 Å². The van der Waals surface area contributed by atoms with Crippen LogP contribution in [0.25, 0.3) is 0 Å². The normalized spacial score (nSPS) is 8.83. The topological polar surface area (TPSA) is 0 Å². The Hall–Kier alpha value is -0.990. The SMILES string of the molecule is CC.Cc1ccc(F)c(F)c1F. The molecule has 0 N–H and O–H groups in total. The lowest BCUT2D eigenvalue weighted by molar-refractivity contribution is 0.443. The second-order valence-corrected chi connectivity index (χ2v) is 1.99. The molecule has 0 saturated heterocycles. The van der Waals surface area contributed by atoms with Crippen molar-refractivity contribution in [3.05, 3.63) is 35.1 Å². The molecule has 0 aliphatic heterocycles. The van der Waals surface area contributed by atoms with Gasteiger partial charge >= 0.3 is 0 Å². The van der Waals surface area contributed by atoms with E-state index in [1.54, 1.807) is 0 Å². The number of rotatable bonds is 0. The van der Waals surface area contributed by atoms with Crippen LogP contribution >= 0.6 is 0 Å². The average molecular weight is 176 g/mol. The molecule has 0 spiro atoms. The Labute approximate surface area is 70.0 Å². The Morgan fingerprint density at radius 3 is 1.83 bits per heavy atom. The summed E-state index contributed by atoms with van der Waals surface area (Å²) < 4.78 is 36.8. The fourth-order valence-electron chi connectivity index (χ4n) is 0.622. The third-order valence-electron chi connectivity index (χ3n) is 1.23. The minimum absolute atomic E-state index is 0.110. The van der Waals surface area contributed by atoms with Crippen LogP contribution in [0.4, 0.5) is 13.2 Å². The van der Waals surface area contributed by atoms with Gasteiger partial charge in [-0.25, -0.2) is 13.2 Å². The van der Waals surface area contributed by atoms with Crippen LogP contribution in [0.2, 0.25) is 0 Å². The Kier molecular flexibility index (Phi) is 4.40. The summed E-state index contributed by atoms with van der Waals surface area (Å²) in [5.41, 5.74) is 0.110. The zero-order valence-electron chi connectivity index (χ0n) is 7.29. The van der Waals surface area contributed by atoms with Crippen molar-refractivity contribution in [2.75, 3.05) is 0 Å². The van der Waals surface area contributed by atoms with E-state index in [9.17, 15) is 13.2 Å². The Morgan fingerprint density at radius 2 is 1.42 bits per heavy atom. The number of halogens is 3. The zero-order valence-corrected chi connectivity index (χ0v) is 7.29. The van der Waals surface area contributed by atoms with Gasteiger partial charge in [0.05, 0.1) is 0 Å². The van der Waals surface area contributed by atoms with Gasteiger partial charge in [0.2, 0.25) is 0 Å². The highest BCUT2D eigenvalue weighted by Crippen LogP contribution is 2.13. The van der Waals surface area contributed by atoms with Gasteiger partial charge in [0.1, 0.15) is 0 Å². The molecule has 0 saturated carbocycles. The van der Waals surface area contributed by atoms with Gasteiger partial charge in [-0.1, -0.05) is 19.9 Å². The van der Waals surface area contributed by atoms with Gasteiger partial charge in [-0.3, -0.25) is 0 Å². The summed E-state index contributed by atoms with van der Waals surface area (Å²) in [6.45, 7) is 5.37. The van der Waals surface area contributed by atoms with Crippen LogP contribution in [0.5, 0.6) is 0 Å². The molecule has 0 aliphatic carbocycles. The fourth-order valence-corrected chi connectivity index (χ4v) is 0.622. The van der Waals surface area contributed by atoms with Crippen molar-refractivity contribution in [2.24, 2.45) is 0 Å². The molecule has 0 amide bonds. The van der Waals surface area contributed by atoms with Gasteiger partial charge < -0.3 is 0 Å². The molecule has 1 aromatic rings. The standard InChI is InChI=1S/C7H5F3.C2H6/c1-4-2-3-5(8)7(10)6(4)9;1-2/h2-3H,1H3;1-2H3. The summed E-state index contributed by atoms with van der Waals surface area (Å²) in [7, 11) is 0. The van der Waals surface area contributed by atoms with E-state index in [0.29, 0.717) is 0 Å². The van der Waals surface area contributed by atoms with Gasteiger partial charge in [-0.2, -0.15) is 0 Å². The van der Waals surface area contributed by atoms with Crippen LogP contribution in [0.15, 0.2) is 12.1 Å². The van der Waals surface area contributed by atoms with Crippen LogP contribution in [-0.4, -0.2) is 0 Å². The van der Waals surface area contributed by atoms with Crippen molar-refractivity contribution in [3.8, 4) is 0 Å². The minimum atomic E-state index is -1.40. The molecule has 0 nitrogen and oxygen atoms in total. The first kappa shape index (κ1) is 11.0. The highest BCUT2D eigenvalue weighted by Gasteiger charge is 2.09. The van der Waals surface area contributed by atoms with Gasteiger partial charge in [0.15, 0.2) is 17.5 Å². The first-order valence-electron chi connectivity index (χ1n) is 3.73. The smallest absolute Gasteiger partial charge is 0.194 e. The van der Waals surface area contributed by atoms with Gasteiger partial charge in [-0.15, -0.1) is 0 Å². The van der Waals surface area contributed by atoms with Crippen molar-refractivity contribution in [1.82, 2.24) is 0 Å². The third kappa shape index (κ3) is 2.26. The van der Waals surface area contributed by atoms with Gasteiger partial charge in [-0.05, 0) is 18.6 Å². The molecular formula is C9H11F3. The highest BCUT2D eigenvalue weighted by molar-refractivity contribution is 5.18. The van der Waals surface area contributed by atoms with Crippen LogP contribution in [-0.2, 0) is 0 Å². The van der Waals surface area contributed by atoms with Crippen LogP contribution < -0.4 is 0 Å². The molecule has 0 aromatic heterocycles. The molecule has 1 aromatic carbocycles. The van der Waals surface area contributed by atoms with E-state index in [1.165, 1.54) is 13.0 Å². The summed E-state index contributed by atoms with van der Waals surface area (Å²) in [5.74, 6) is -3.66. The maximum absolute atomic E-state index is 12.4. The summed E-state index contributed by atoms with van der Waals surface area (Å²) >= 11 is 0. The lowest BCUT2D eigenvalue weighted by Crippen LogP contribution is -1.92. The molecule has 0 bridgehead atoms. The Bertz CT molecular complexity index is 229. The molecule has 3 heteroatoms. The Balaban J connectivity index is 0.000000561. The van der Waals surface area contributed by atoms with E-state index in [0.717, 1.165) is 6.07 Å². The predicted molar refractivity (Wildman–Crippen MR) is 42.4 cm³/mol. The summed E-state index contributed by atoms with van der Waals surface area (Å²) in [4.78, 5) is 0. The number of hydrogen-bond donors (Lipinski definition) is 0. The van der Waals surface area contributed by atoms with E-state index >= 15 is 0 Å². The molecule has 0 fully saturated rings. The second kappa shape index (κ2) is 4.80.